The summed E-state index contributed by atoms with van der Waals surface area (Å²) in [5.41, 5.74) is 6.88. The van der Waals surface area contributed by atoms with Crippen LogP contribution in [0.5, 0.6) is 5.75 Å². The number of carbonyl (C=O) groups is 1. The van der Waals surface area contributed by atoms with Gasteiger partial charge < -0.3 is 20.4 Å². The first-order valence-electron chi connectivity index (χ1n) is 6.87. The number of amides is 1. The van der Waals surface area contributed by atoms with Crippen LogP contribution in [0, 0.1) is 0 Å². The number of anilines is 2. The van der Waals surface area contributed by atoms with E-state index >= 15 is 0 Å². The molecule has 0 aliphatic heterocycles. The maximum Gasteiger partial charge on any atom is 0.244 e. The van der Waals surface area contributed by atoms with E-state index in [1.807, 2.05) is 10.8 Å². The van der Waals surface area contributed by atoms with Gasteiger partial charge in [0.05, 0.1) is 12.8 Å². The zero-order valence-corrected chi connectivity index (χ0v) is 12.3. The lowest BCUT2D eigenvalue weighted by atomic mass is 10.2. The number of nitrogens with zero attached hydrogens (tertiary/aromatic N) is 2. The standard InChI is InChI=1S/C15H20N4O2/c1-3-4-14-17-7-8-19(14)10-15(20)18-12-6-5-11(16)9-13(12)21-2/h5-9H,3-4,10,16H2,1-2H3,(H,18,20). The molecule has 0 spiro atoms. The molecule has 1 aromatic carbocycles. The van der Waals surface area contributed by atoms with Gasteiger partial charge in [-0.2, -0.15) is 0 Å². The first-order chi connectivity index (χ1) is 10.1. The summed E-state index contributed by atoms with van der Waals surface area (Å²) < 4.78 is 7.06. The van der Waals surface area contributed by atoms with Crippen molar-refractivity contribution in [3.05, 3.63) is 36.4 Å². The van der Waals surface area contributed by atoms with Crippen molar-refractivity contribution in [1.29, 1.82) is 0 Å². The molecule has 2 aromatic rings. The zero-order chi connectivity index (χ0) is 15.2. The third-order valence-electron chi connectivity index (χ3n) is 3.09. The van der Waals surface area contributed by atoms with Gasteiger partial charge in [-0.15, -0.1) is 0 Å². The largest absolute Gasteiger partial charge is 0.494 e. The van der Waals surface area contributed by atoms with Gasteiger partial charge in [-0.05, 0) is 18.6 Å². The molecule has 112 valence electrons. The molecule has 1 aromatic heterocycles. The zero-order valence-electron chi connectivity index (χ0n) is 12.3. The number of imidazole rings is 1. The third-order valence-corrected chi connectivity index (χ3v) is 3.09. The van der Waals surface area contributed by atoms with E-state index in [9.17, 15) is 4.79 Å². The van der Waals surface area contributed by atoms with Crippen LogP contribution in [0.3, 0.4) is 0 Å². The van der Waals surface area contributed by atoms with E-state index in [4.69, 9.17) is 10.5 Å². The summed E-state index contributed by atoms with van der Waals surface area (Å²) in [4.78, 5) is 16.4. The Morgan fingerprint density at radius 3 is 3.00 bits per heavy atom. The van der Waals surface area contributed by atoms with Crippen molar-refractivity contribution >= 4 is 17.3 Å². The molecule has 0 unspecified atom stereocenters. The van der Waals surface area contributed by atoms with Crippen molar-refractivity contribution in [3.8, 4) is 5.75 Å². The van der Waals surface area contributed by atoms with Crippen molar-refractivity contribution < 1.29 is 9.53 Å². The second-order valence-electron chi connectivity index (χ2n) is 4.73. The minimum absolute atomic E-state index is 0.131. The third kappa shape index (κ3) is 3.75. The van der Waals surface area contributed by atoms with E-state index in [1.165, 1.54) is 0 Å². The number of nitrogens with one attached hydrogen (secondary N) is 1. The summed E-state index contributed by atoms with van der Waals surface area (Å²) in [6.07, 6.45) is 5.36. The SMILES string of the molecule is CCCc1nccn1CC(=O)Nc1ccc(N)cc1OC. The van der Waals surface area contributed by atoms with Gasteiger partial charge in [0.25, 0.3) is 0 Å². The van der Waals surface area contributed by atoms with Gasteiger partial charge in [0.15, 0.2) is 0 Å². The number of aryl methyl sites for hydroxylation is 1. The van der Waals surface area contributed by atoms with Crippen LogP contribution < -0.4 is 15.8 Å². The van der Waals surface area contributed by atoms with Gasteiger partial charge in [0.1, 0.15) is 18.1 Å². The van der Waals surface area contributed by atoms with E-state index in [0.717, 1.165) is 18.7 Å². The Morgan fingerprint density at radius 2 is 2.29 bits per heavy atom. The summed E-state index contributed by atoms with van der Waals surface area (Å²) in [6, 6.07) is 5.13. The number of ether oxygens (including phenoxy) is 1. The molecule has 0 aliphatic rings. The molecular weight excluding hydrogens is 268 g/mol. The van der Waals surface area contributed by atoms with E-state index < -0.39 is 0 Å². The molecule has 0 fully saturated rings. The van der Waals surface area contributed by atoms with Crippen molar-refractivity contribution in [2.75, 3.05) is 18.2 Å². The summed E-state index contributed by atoms with van der Waals surface area (Å²) in [6.45, 7) is 2.31. The fourth-order valence-electron chi connectivity index (χ4n) is 2.09. The maximum absolute atomic E-state index is 12.1. The number of benzene rings is 1. The van der Waals surface area contributed by atoms with E-state index in [2.05, 4.69) is 17.2 Å². The van der Waals surface area contributed by atoms with Crippen LogP contribution in [-0.2, 0) is 17.8 Å². The number of methoxy groups -OCH3 is 1. The molecule has 0 saturated heterocycles. The second kappa shape index (κ2) is 6.78. The van der Waals surface area contributed by atoms with Crippen LogP contribution in [0.4, 0.5) is 11.4 Å². The minimum Gasteiger partial charge on any atom is -0.494 e. The van der Waals surface area contributed by atoms with E-state index in [-0.39, 0.29) is 12.5 Å². The average Bonchev–Trinajstić information content (AvgIpc) is 2.88. The number of nitrogens with two attached hydrogens (primary N) is 1. The van der Waals surface area contributed by atoms with Crippen LogP contribution in [0.15, 0.2) is 30.6 Å². The second-order valence-corrected chi connectivity index (χ2v) is 4.73. The monoisotopic (exact) mass is 288 g/mol. The summed E-state index contributed by atoms with van der Waals surface area (Å²) in [5, 5.41) is 2.83. The Balaban J connectivity index is 2.06. The highest BCUT2D eigenvalue weighted by Crippen LogP contribution is 2.26. The Bertz CT molecular complexity index is 622. The first-order valence-corrected chi connectivity index (χ1v) is 6.87. The molecule has 1 amide bonds. The van der Waals surface area contributed by atoms with Crippen LogP contribution >= 0.6 is 0 Å². The molecular formula is C15H20N4O2. The number of carbonyl (C=O) groups excluding carboxylic acids is 1. The number of hydrogen-bond donors (Lipinski definition) is 2. The van der Waals surface area contributed by atoms with Gasteiger partial charge >= 0.3 is 0 Å². The molecule has 0 radical (unpaired) electrons. The molecule has 6 heteroatoms. The molecule has 0 bridgehead atoms. The topological polar surface area (TPSA) is 82.2 Å². The average molecular weight is 288 g/mol. The predicted octanol–water partition coefficient (Wildman–Crippen LogP) is 2.07. The highest BCUT2D eigenvalue weighted by Gasteiger charge is 2.10. The normalized spacial score (nSPS) is 10.4. The Kier molecular flexibility index (Phi) is 4.81. The molecule has 0 saturated carbocycles. The lowest BCUT2D eigenvalue weighted by Crippen LogP contribution is -2.20. The fourth-order valence-corrected chi connectivity index (χ4v) is 2.09. The van der Waals surface area contributed by atoms with Gasteiger partial charge in [-0.1, -0.05) is 6.92 Å². The molecule has 3 N–H and O–H groups in total. The molecule has 1 heterocycles. The van der Waals surface area contributed by atoms with E-state index in [0.29, 0.717) is 17.1 Å². The van der Waals surface area contributed by atoms with Gasteiger partial charge in [0.2, 0.25) is 5.91 Å². The van der Waals surface area contributed by atoms with Crippen LogP contribution in [0.2, 0.25) is 0 Å². The predicted molar refractivity (Wildman–Crippen MR) is 82.3 cm³/mol. The number of hydrogen-bond acceptors (Lipinski definition) is 4. The highest BCUT2D eigenvalue weighted by molar-refractivity contribution is 5.92. The molecule has 6 nitrogen and oxygen atoms in total. The highest BCUT2D eigenvalue weighted by atomic mass is 16.5. The molecule has 21 heavy (non-hydrogen) atoms. The number of rotatable bonds is 6. The summed E-state index contributed by atoms with van der Waals surface area (Å²) in [7, 11) is 1.54. The quantitative estimate of drug-likeness (QED) is 0.797. The summed E-state index contributed by atoms with van der Waals surface area (Å²) in [5.74, 6) is 1.33. The van der Waals surface area contributed by atoms with Crippen molar-refractivity contribution in [1.82, 2.24) is 9.55 Å². The minimum atomic E-state index is -0.131. The maximum atomic E-state index is 12.1. The lowest BCUT2D eigenvalue weighted by Gasteiger charge is -2.12. The van der Waals surface area contributed by atoms with Gasteiger partial charge in [-0.25, -0.2) is 4.98 Å². The fraction of sp³-hybridized carbons (Fsp3) is 0.333. The number of aromatic nitrogens is 2. The van der Waals surface area contributed by atoms with Crippen LogP contribution in [-0.4, -0.2) is 22.6 Å². The van der Waals surface area contributed by atoms with Crippen molar-refractivity contribution in [2.24, 2.45) is 0 Å². The Morgan fingerprint density at radius 1 is 1.48 bits per heavy atom. The van der Waals surface area contributed by atoms with E-state index in [1.54, 1.807) is 31.5 Å². The van der Waals surface area contributed by atoms with Crippen molar-refractivity contribution in [2.45, 2.75) is 26.3 Å². The molecule has 2 rings (SSSR count). The lowest BCUT2D eigenvalue weighted by molar-refractivity contribution is -0.116. The van der Waals surface area contributed by atoms with Crippen molar-refractivity contribution in [3.63, 3.8) is 0 Å². The van der Waals surface area contributed by atoms with Crippen LogP contribution in [0.25, 0.3) is 0 Å². The van der Waals surface area contributed by atoms with Gasteiger partial charge in [-0.3, -0.25) is 4.79 Å². The van der Waals surface area contributed by atoms with Crippen LogP contribution in [0.1, 0.15) is 19.2 Å². The van der Waals surface area contributed by atoms with Gasteiger partial charge in [0, 0.05) is 30.6 Å². The first kappa shape index (κ1) is 14.9. The smallest absolute Gasteiger partial charge is 0.244 e. The Labute approximate surface area is 123 Å². The Hall–Kier alpha value is -2.50. The number of nitrogen functional groups attached to an aromatic ring is 1. The summed E-state index contributed by atoms with van der Waals surface area (Å²) >= 11 is 0. The molecule has 0 aliphatic carbocycles. The molecule has 0 atom stereocenters.